The van der Waals surface area contributed by atoms with Gasteiger partial charge in [0.25, 0.3) is 5.91 Å². The molecule has 1 aliphatic carbocycles. The molecular formula is C17H15NO2S. The van der Waals surface area contributed by atoms with Crippen molar-refractivity contribution in [3.63, 3.8) is 0 Å². The maximum absolute atomic E-state index is 12.2. The first-order chi connectivity index (χ1) is 10.3. The van der Waals surface area contributed by atoms with Gasteiger partial charge in [-0.2, -0.15) is 0 Å². The molecule has 1 aliphatic rings. The number of nitrogens with one attached hydrogen (secondary N) is 1. The minimum Gasteiger partial charge on any atom is -0.384 e. The summed E-state index contributed by atoms with van der Waals surface area (Å²) in [5.74, 6) is 5.27. The highest BCUT2D eigenvalue weighted by molar-refractivity contribution is 7.14. The molecule has 0 radical (unpaired) electrons. The maximum atomic E-state index is 12.2. The fourth-order valence-corrected chi connectivity index (χ4v) is 3.27. The number of thiophene rings is 1. The highest BCUT2D eigenvalue weighted by Crippen LogP contribution is 2.25. The van der Waals surface area contributed by atoms with E-state index in [1.807, 2.05) is 6.07 Å². The molecule has 0 unspecified atom stereocenters. The third kappa shape index (κ3) is 3.15. The van der Waals surface area contributed by atoms with Crippen molar-refractivity contribution in [3.05, 3.63) is 51.2 Å². The third-order valence-corrected chi connectivity index (χ3v) is 4.48. The van der Waals surface area contributed by atoms with Crippen LogP contribution in [0.2, 0.25) is 0 Å². The number of hydrogen-bond acceptors (Lipinski definition) is 3. The monoisotopic (exact) mass is 297 g/mol. The van der Waals surface area contributed by atoms with E-state index in [2.05, 4.69) is 29.3 Å². The SMILES string of the molecule is O=C(Nc1ccc2c(c1)CCC2)c1ccc(C#CCO)s1. The highest BCUT2D eigenvalue weighted by Gasteiger charge is 2.13. The number of aryl methyl sites for hydroxylation is 2. The topological polar surface area (TPSA) is 49.3 Å². The Kier molecular flexibility index (Phi) is 4.05. The Morgan fingerprint density at radius 1 is 1.24 bits per heavy atom. The summed E-state index contributed by atoms with van der Waals surface area (Å²) in [4.78, 5) is 13.6. The second-order valence-corrected chi connectivity index (χ2v) is 6.00. The molecule has 4 heteroatoms. The lowest BCUT2D eigenvalue weighted by Crippen LogP contribution is -2.10. The van der Waals surface area contributed by atoms with Gasteiger partial charge in [-0.3, -0.25) is 4.79 Å². The summed E-state index contributed by atoms with van der Waals surface area (Å²) in [5.41, 5.74) is 3.58. The molecule has 3 rings (SSSR count). The fourth-order valence-electron chi connectivity index (χ4n) is 2.50. The molecule has 1 aromatic heterocycles. The van der Waals surface area contributed by atoms with Crippen molar-refractivity contribution in [2.24, 2.45) is 0 Å². The standard InChI is InChI=1S/C17H15NO2S/c19-10-2-5-15-8-9-16(21-15)17(20)18-14-7-6-12-3-1-4-13(12)11-14/h6-9,11,19H,1,3-4,10H2,(H,18,20). The quantitative estimate of drug-likeness (QED) is 0.837. The van der Waals surface area contributed by atoms with Gasteiger partial charge in [-0.15, -0.1) is 11.3 Å². The Hall–Kier alpha value is -2.09. The largest absolute Gasteiger partial charge is 0.384 e. The van der Waals surface area contributed by atoms with Gasteiger partial charge in [0.15, 0.2) is 0 Å². The predicted octanol–water partition coefficient (Wildman–Crippen LogP) is 2.83. The summed E-state index contributed by atoms with van der Waals surface area (Å²) in [6.45, 7) is -0.172. The molecule has 1 amide bonds. The van der Waals surface area contributed by atoms with Crippen LogP contribution in [0.1, 0.15) is 32.1 Å². The molecule has 1 aromatic carbocycles. The number of rotatable bonds is 2. The zero-order valence-corrected chi connectivity index (χ0v) is 12.3. The predicted molar refractivity (Wildman–Crippen MR) is 84.7 cm³/mol. The lowest BCUT2D eigenvalue weighted by molar-refractivity contribution is 0.103. The van der Waals surface area contributed by atoms with Crippen LogP contribution in [0.3, 0.4) is 0 Å². The molecule has 3 nitrogen and oxygen atoms in total. The second-order valence-electron chi connectivity index (χ2n) is 4.91. The average molecular weight is 297 g/mol. The maximum Gasteiger partial charge on any atom is 0.265 e. The lowest BCUT2D eigenvalue weighted by atomic mass is 10.1. The van der Waals surface area contributed by atoms with Crippen molar-refractivity contribution in [2.45, 2.75) is 19.3 Å². The van der Waals surface area contributed by atoms with Crippen LogP contribution in [0, 0.1) is 11.8 Å². The van der Waals surface area contributed by atoms with Crippen molar-refractivity contribution in [3.8, 4) is 11.8 Å². The van der Waals surface area contributed by atoms with E-state index < -0.39 is 0 Å². The summed E-state index contributed by atoms with van der Waals surface area (Å²) in [6.07, 6.45) is 3.44. The van der Waals surface area contributed by atoms with Gasteiger partial charge in [0, 0.05) is 5.69 Å². The van der Waals surface area contributed by atoms with E-state index in [4.69, 9.17) is 5.11 Å². The van der Waals surface area contributed by atoms with Crippen LogP contribution in [0.15, 0.2) is 30.3 Å². The molecule has 2 aromatic rings. The molecule has 2 N–H and O–H groups in total. The Bertz CT molecular complexity index is 737. The third-order valence-electron chi connectivity index (χ3n) is 3.48. The van der Waals surface area contributed by atoms with Crippen LogP contribution in [0.4, 0.5) is 5.69 Å². The minimum absolute atomic E-state index is 0.116. The van der Waals surface area contributed by atoms with Gasteiger partial charge in [0.1, 0.15) is 6.61 Å². The number of amides is 1. The molecule has 0 aliphatic heterocycles. The summed E-state index contributed by atoms with van der Waals surface area (Å²) in [5, 5.41) is 11.6. The Morgan fingerprint density at radius 2 is 2.10 bits per heavy atom. The first kappa shape index (κ1) is 13.9. The van der Waals surface area contributed by atoms with Crippen molar-refractivity contribution in [1.29, 1.82) is 0 Å². The van der Waals surface area contributed by atoms with E-state index >= 15 is 0 Å². The van der Waals surface area contributed by atoms with Gasteiger partial charge in [0.2, 0.25) is 0 Å². The van der Waals surface area contributed by atoms with Crippen molar-refractivity contribution in [1.82, 2.24) is 0 Å². The molecule has 0 saturated heterocycles. The molecule has 0 spiro atoms. The van der Waals surface area contributed by atoms with Crippen molar-refractivity contribution in [2.75, 3.05) is 11.9 Å². The van der Waals surface area contributed by atoms with Crippen LogP contribution < -0.4 is 5.32 Å². The van der Waals surface area contributed by atoms with Gasteiger partial charge in [-0.25, -0.2) is 0 Å². The van der Waals surface area contributed by atoms with Crippen LogP contribution in [0.5, 0.6) is 0 Å². The number of carbonyl (C=O) groups excluding carboxylic acids is 1. The summed E-state index contributed by atoms with van der Waals surface area (Å²) < 4.78 is 0. The molecule has 0 fully saturated rings. The number of benzene rings is 1. The number of anilines is 1. The van der Waals surface area contributed by atoms with E-state index in [0.29, 0.717) is 4.88 Å². The normalized spacial score (nSPS) is 12.4. The average Bonchev–Trinajstić information content (AvgIpc) is 3.13. The van der Waals surface area contributed by atoms with Crippen LogP contribution in [0.25, 0.3) is 0 Å². The lowest BCUT2D eigenvalue weighted by Gasteiger charge is -2.06. The Balaban J connectivity index is 1.72. The van der Waals surface area contributed by atoms with E-state index in [-0.39, 0.29) is 12.5 Å². The fraction of sp³-hybridized carbons (Fsp3) is 0.235. The van der Waals surface area contributed by atoms with Crippen LogP contribution in [-0.4, -0.2) is 17.6 Å². The molecule has 106 valence electrons. The smallest absolute Gasteiger partial charge is 0.265 e. The molecule has 21 heavy (non-hydrogen) atoms. The van der Waals surface area contributed by atoms with Crippen LogP contribution in [-0.2, 0) is 12.8 Å². The summed E-state index contributed by atoms with van der Waals surface area (Å²) in [6, 6.07) is 9.69. The van der Waals surface area contributed by atoms with Gasteiger partial charge >= 0.3 is 0 Å². The number of carbonyl (C=O) groups is 1. The second kappa shape index (κ2) is 6.13. The molecule has 0 atom stereocenters. The van der Waals surface area contributed by atoms with E-state index in [1.165, 1.54) is 28.9 Å². The van der Waals surface area contributed by atoms with Gasteiger partial charge in [-0.1, -0.05) is 17.9 Å². The van der Waals surface area contributed by atoms with E-state index in [1.54, 1.807) is 12.1 Å². The van der Waals surface area contributed by atoms with Gasteiger partial charge in [-0.05, 0) is 54.7 Å². The molecular weight excluding hydrogens is 282 g/mol. The van der Waals surface area contributed by atoms with Crippen molar-refractivity contribution < 1.29 is 9.90 Å². The Morgan fingerprint density at radius 3 is 2.95 bits per heavy atom. The molecule has 0 bridgehead atoms. The minimum atomic E-state index is -0.172. The number of aliphatic hydroxyl groups excluding tert-OH is 1. The summed E-state index contributed by atoms with van der Waals surface area (Å²) >= 11 is 1.33. The van der Waals surface area contributed by atoms with Gasteiger partial charge in [0.05, 0.1) is 9.75 Å². The Labute approximate surface area is 127 Å². The van der Waals surface area contributed by atoms with E-state index in [9.17, 15) is 4.79 Å². The highest BCUT2D eigenvalue weighted by atomic mass is 32.1. The summed E-state index contributed by atoms with van der Waals surface area (Å²) in [7, 11) is 0. The molecule has 1 heterocycles. The van der Waals surface area contributed by atoms with E-state index in [0.717, 1.165) is 23.4 Å². The number of aliphatic hydroxyl groups is 1. The molecule has 0 saturated carbocycles. The number of hydrogen-bond donors (Lipinski definition) is 2. The van der Waals surface area contributed by atoms with Crippen LogP contribution >= 0.6 is 11.3 Å². The zero-order valence-electron chi connectivity index (χ0n) is 11.5. The van der Waals surface area contributed by atoms with Crippen molar-refractivity contribution >= 4 is 22.9 Å². The van der Waals surface area contributed by atoms with Gasteiger partial charge < -0.3 is 10.4 Å². The number of fused-ring (bicyclic) bond motifs is 1. The zero-order chi connectivity index (χ0) is 14.7. The first-order valence-corrected chi connectivity index (χ1v) is 7.70. The first-order valence-electron chi connectivity index (χ1n) is 6.89.